The zero-order valence-electron chi connectivity index (χ0n) is 18.0. The predicted octanol–water partition coefficient (Wildman–Crippen LogP) is 8.26. The fraction of sp³-hybridized carbons (Fsp3) is 0.385. The van der Waals surface area contributed by atoms with E-state index in [0.717, 1.165) is 25.7 Å². The molecule has 1 heterocycles. The summed E-state index contributed by atoms with van der Waals surface area (Å²) in [5.74, 6) is -2.56. The van der Waals surface area contributed by atoms with Gasteiger partial charge in [-0.1, -0.05) is 32.2 Å². The molecule has 4 heteroatoms. The van der Waals surface area contributed by atoms with Gasteiger partial charge < -0.3 is 4.74 Å². The minimum atomic E-state index is -1.05. The molecule has 1 aromatic rings. The van der Waals surface area contributed by atoms with E-state index in [0.29, 0.717) is 29.0 Å². The fourth-order valence-corrected chi connectivity index (χ4v) is 3.89. The summed E-state index contributed by atoms with van der Waals surface area (Å²) in [6.07, 6.45) is 7.74. The average Bonchev–Trinajstić information content (AvgIpc) is 2.75. The molecule has 0 unspecified atom stereocenters. The minimum absolute atomic E-state index is 0.0252. The Hall–Kier alpha value is -2.49. The molecule has 1 aliphatic heterocycles. The second-order valence-corrected chi connectivity index (χ2v) is 7.82. The molecule has 1 aliphatic carbocycles. The Bertz CT molecular complexity index is 871. The van der Waals surface area contributed by atoms with Crippen molar-refractivity contribution in [1.82, 2.24) is 0 Å². The predicted molar refractivity (Wildman–Crippen MR) is 118 cm³/mol. The van der Waals surface area contributed by atoms with Crippen LogP contribution in [0, 0.1) is 17.6 Å². The molecule has 0 amide bonds. The molecule has 162 valence electrons. The summed E-state index contributed by atoms with van der Waals surface area (Å²) >= 11 is 0. The summed E-state index contributed by atoms with van der Waals surface area (Å²) in [6, 6.07) is 1.67. The quantitative estimate of drug-likeness (QED) is 0.449. The number of hydrogen-bond acceptors (Lipinski definition) is 1. The van der Waals surface area contributed by atoms with Gasteiger partial charge in [-0.15, -0.1) is 13.2 Å². The number of rotatable bonds is 4. The molecule has 0 saturated heterocycles. The Kier molecular flexibility index (Phi) is 8.33. The molecule has 30 heavy (non-hydrogen) atoms. The van der Waals surface area contributed by atoms with E-state index in [1.165, 1.54) is 0 Å². The molecule has 1 fully saturated rings. The number of allylic oxidation sites excluding steroid dienone is 5. The van der Waals surface area contributed by atoms with Crippen LogP contribution >= 0.6 is 0 Å². The van der Waals surface area contributed by atoms with Gasteiger partial charge in [0.2, 0.25) is 5.82 Å². The van der Waals surface area contributed by atoms with Gasteiger partial charge in [0, 0.05) is 12.0 Å². The van der Waals surface area contributed by atoms with Crippen LogP contribution in [-0.2, 0) is 6.42 Å². The Balaban J connectivity index is 0.00000101. The van der Waals surface area contributed by atoms with Crippen molar-refractivity contribution in [2.45, 2.75) is 58.3 Å². The highest BCUT2D eigenvalue weighted by Gasteiger charge is 2.31. The van der Waals surface area contributed by atoms with Crippen LogP contribution < -0.4 is 4.74 Å². The molecule has 2 aliphatic rings. The molecular formula is C26H31F3O. The molecule has 1 nitrogen and oxygen atoms in total. The smallest absolute Gasteiger partial charge is 0.201 e. The zero-order valence-corrected chi connectivity index (χ0v) is 18.0. The lowest BCUT2D eigenvalue weighted by Gasteiger charge is -2.29. The number of halogens is 3. The van der Waals surface area contributed by atoms with Crippen molar-refractivity contribution in [3.63, 3.8) is 0 Å². The van der Waals surface area contributed by atoms with Gasteiger partial charge in [0.15, 0.2) is 23.2 Å². The second-order valence-electron chi connectivity index (χ2n) is 7.82. The van der Waals surface area contributed by atoms with Gasteiger partial charge in [0.25, 0.3) is 0 Å². The van der Waals surface area contributed by atoms with E-state index >= 15 is 0 Å². The van der Waals surface area contributed by atoms with Gasteiger partial charge in [0.1, 0.15) is 0 Å². The van der Waals surface area contributed by atoms with Crippen molar-refractivity contribution in [2.75, 3.05) is 0 Å². The van der Waals surface area contributed by atoms with E-state index < -0.39 is 17.5 Å². The van der Waals surface area contributed by atoms with Crippen LogP contribution in [0.3, 0.4) is 0 Å². The van der Waals surface area contributed by atoms with Crippen LogP contribution in [0.2, 0.25) is 0 Å². The first-order valence-electron chi connectivity index (χ1n) is 10.4. The van der Waals surface area contributed by atoms with Crippen molar-refractivity contribution in [3.05, 3.63) is 90.0 Å². The van der Waals surface area contributed by atoms with Crippen LogP contribution in [0.1, 0.15) is 63.0 Å². The largest absolute Gasteiger partial charge is 0.450 e. The van der Waals surface area contributed by atoms with Crippen molar-refractivity contribution in [1.29, 1.82) is 0 Å². The van der Waals surface area contributed by atoms with Gasteiger partial charge in [-0.05, 0) is 73.6 Å². The average molecular weight is 417 g/mol. The highest BCUT2D eigenvalue weighted by Crippen LogP contribution is 2.43. The van der Waals surface area contributed by atoms with E-state index in [1.807, 2.05) is 13.0 Å². The van der Waals surface area contributed by atoms with E-state index in [1.54, 1.807) is 19.1 Å². The molecule has 0 spiro atoms. The van der Waals surface area contributed by atoms with Crippen molar-refractivity contribution >= 4 is 0 Å². The lowest BCUT2D eigenvalue weighted by atomic mass is 9.78. The summed E-state index contributed by atoms with van der Waals surface area (Å²) in [4.78, 5) is 0. The maximum absolute atomic E-state index is 14.8. The zero-order chi connectivity index (χ0) is 22.4. The van der Waals surface area contributed by atoms with Gasteiger partial charge in [-0.2, -0.15) is 4.39 Å². The molecule has 3 rings (SSSR count). The Labute approximate surface area is 178 Å². The number of hydrogen-bond donors (Lipinski definition) is 0. The van der Waals surface area contributed by atoms with Gasteiger partial charge in [-0.3, -0.25) is 0 Å². The van der Waals surface area contributed by atoms with Crippen molar-refractivity contribution < 1.29 is 17.9 Å². The maximum atomic E-state index is 14.8. The van der Waals surface area contributed by atoms with Crippen molar-refractivity contribution in [3.8, 4) is 5.75 Å². The molecule has 0 aromatic heterocycles. The van der Waals surface area contributed by atoms with Crippen LogP contribution in [0.25, 0.3) is 0 Å². The van der Waals surface area contributed by atoms with Gasteiger partial charge in [-0.25, -0.2) is 8.78 Å². The summed E-state index contributed by atoms with van der Waals surface area (Å²) in [5.41, 5.74) is 1.54. The van der Waals surface area contributed by atoms with Crippen molar-refractivity contribution in [2.24, 2.45) is 5.92 Å². The van der Waals surface area contributed by atoms with Crippen LogP contribution in [0.4, 0.5) is 13.2 Å². The van der Waals surface area contributed by atoms with E-state index in [-0.39, 0.29) is 29.4 Å². The van der Waals surface area contributed by atoms with E-state index in [9.17, 15) is 13.2 Å². The second kappa shape index (κ2) is 10.5. The highest BCUT2D eigenvalue weighted by atomic mass is 19.2. The number of ether oxygens (including phenoxy) is 1. The number of benzene rings is 1. The lowest BCUT2D eigenvalue weighted by Crippen LogP contribution is -2.18. The Morgan fingerprint density at radius 3 is 2.30 bits per heavy atom. The Morgan fingerprint density at radius 1 is 1.17 bits per heavy atom. The third kappa shape index (κ3) is 4.97. The van der Waals surface area contributed by atoms with Gasteiger partial charge >= 0.3 is 0 Å². The molecule has 0 N–H and O–H groups in total. The first-order chi connectivity index (χ1) is 14.3. The topological polar surface area (TPSA) is 9.23 Å². The normalized spacial score (nSPS) is 22.1. The Morgan fingerprint density at radius 2 is 1.77 bits per heavy atom. The molecule has 1 aromatic carbocycles. The highest BCUT2D eigenvalue weighted by molar-refractivity contribution is 5.51. The molecule has 0 bridgehead atoms. The molecule has 0 radical (unpaired) electrons. The SMILES string of the molecule is C=CC.C=CC1CCC(c2cc3c(c(F)c2F)O/C(=C(\F)C(=C)CC)C(=C)C3)CC1. The maximum Gasteiger partial charge on any atom is 0.201 e. The first kappa shape index (κ1) is 23.8. The fourth-order valence-electron chi connectivity index (χ4n) is 3.89. The molecule has 1 saturated carbocycles. The van der Waals surface area contributed by atoms with E-state index in [4.69, 9.17) is 4.74 Å². The summed E-state index contributed by atoms with van der Waals surface area (Å²) < 4.78 is 49.5. The van der Waals surface area contributed by atoms with Gasteiger partial charge in [0.05, 0.1) is 0 Å². The van der Waals surface area contributed by atoms with Crippen LogP contribution in [-0.4, -0.2) is 0 Å². The first-order valence-corrected chi connectivity index (χ1v) is 10.4. The van der Waals surface area contributed by atoms with Crippen LogP contribution in [0.5, 0.6) is 5.75 Å². The minimum Gasteiger partial charge on any atom is -0.450 e. The third-order valence-electron chi connectivity index (χ3n) is 5.68. The summed E-state index contributed by atoms with van der Waals surface area (Å²) in [7, 11) is 0. The van der Waals surface area contributed by atoms with E-state index in [2.05, 4.69) is 26.3 Å². The molecule has 0 atom stereocenters. The van der Waals surface area contributed by atoms with Crippen LogP contribution in [0.15, 0.2) is 67.3 Å². The number of fused-ring (bicyclic) bond motifs is 1. The lowest BCUT2D eigenvalue weighted by molar-refractivity contribution is 0.341. The summed E-state index contributed by atoms with van der Waals surface area (Å²) in [5, 5.41) is 0. The summed E-state index contributed by atoms with van der Waals surface area (Å²) in [6.45, 7) is 18.3. The monoisotopic (exact) mass is 416 g/mol. The standard InChI is InChI=1S/C23H25F3O.C3H6/c1-5-13(3)19(24)22-14(4)11-17-12-18(20(25)21(26)23(17)27-22)16-9-7-15(6-2)8-10-16;1-3-2/h6,12,15-16H,2-5,7-11H2,1H3;3H,1H2,2H3/b22-19-;. The third-order valence-corrected chi connectivity index (χ3v) is 5.68. The molecular weight excluding hydrogens is 385 g/mol.